The van der Waals surface area contributed by atoms with Gasteiger partial charge in [-0.3, -0.25) is 4.99 Å². The summed E-state index contributed by atoms with van der Waals surface area (Å²) in [5, 5.41) is 5.75. The van der Waals surface area contributed by atoms with E-state index in [0.717, 1.165) is 6.42 Å². The van der Waals surface area contributed by atoms with Crippen molar-refractivity contribution in [1.29, 1.82) is 0 Å². The average molecular weight is 424 g/mol. The first-order valence-corrected chi connectivity index (χ1v) is 6.83. The van der Waals surface area contributed by atoms with Crippen LogP contribution in [0.1, 0.15) is 26.7 Å². The van der Waals surface area contributed by atoms with Gasteiger partial charge in [-0.1, -0.05) is 13.8 Å². The summed E-state index contributed by atoms with van der Waals surface area (Å²) >= 11 is 0. The van der Waals surface area contributed by atoms with Crippen molar-refractivity contribution in [2.24, 2.45) is 10.9 Å². The van der Waals surface area contributed by atoms with Gasteiger partial charge >= 0.3 is 6.18 Å². The summed E-state index contributed by atoms with van der Waals surface area (Å²) in [7, 11) is 5.54. The quantitative estimate of drug-likeness (QED) is 0.375. The predicted octanol–water partition coefficient (Wildman–Crippen LogP) is 2.70. The van der Waals surface area contributed by atoms with Crippen LogP contribution in [0.5, 0.6) is 0 Å². The van der Waals surface area contributed by atoms with Gasteiger partial charge in [0.25, 0.3) is 0 Å². The van der Waals surface area contributed by atoms with Gasteiger partial charge in [0.15, 0.2) is 5.96 Å². The summed E-state index contributed by atoms with van der Waals surface area (Å²) in [6.07, 6.45) is -3.99. The zero-order valence-corrected chi connectivity index (χ0v) is 15.8. The topological polar surface area (TPSA) is 39.7 Å². The van der Waals surface area contributed by atoms with Gasteiger partial charge < -0.3 is 15.5 Å². The Morgan fingerprint density at radius 3 is 2.14 bits per heavy atom. The van der Waals surface area contributed by atoms with Gasteiger partial charge in [-0.25, -0.2) is 0 Å². The van der Waals surface area contributed by atoms with Crippen molar-refractivity contribution in [1.82, 2.24) is 15.5 Å². The van der Waals surface area contributed by atoms with Crippen LogP contribution in [-0.2, 0) is 0 Å². The highest BCUT2D eigenvalue weighted by molar-refractivity contribution is 14.0. The number of halogens is 4. The molecule has 0 aliphatic carbocycles. The molecule has 0 saturated carbocycles. The van der Waals surface area contributed by atoms with Crippen LogP contribution in [0, 0.1) is 5.92 Å². The number of likely N-dealkylation sites (N-methyl/N-ethyl adjacent to an activating group) is 1. The average Bonchev–Trinajstić information content (AvgIpc) is 2.29. The van der Waals surface area contributed by atoms with Crippen LogP contribution in [0.4, 0.5) is 13.2 Å². The van der Waals surface area contributed by atoms with E-state index in [1.54, 1.807) is 7.05 Å². The highest BCUT2D eigenvalue weighted by atomic mass is 127. The lowest BCUT2D eigenvalue weighted by atomic mass is 10.0. The van der Waals surface area contributed by atoms with Gasteiger partial charge in [0.2, 0.25) is 0 Å². The van der Waals surface area contributed by atoms with E-state index in [4.69, 9.17) is 0 Å². The van der Waals surface area contributed by atoms with Crippen LogP contribution >= 0.6 is 24.0 Å². The standard InChI is InChI=1S/C13H27F3N4.HI/c1-10(2)8-11(20(4)5)9-19-12(17-3)18-7-6-13(14,15)16;/h10-11H,6-9H2,1-5H3,(H2,17,18,19);1H. The lowest BCUT2D eigenvalue weighted by Gasteiger charge is -2.27. The van der Waals surface area contributed by atoms with Crippen LogP contribution in [-0.4, -0.2) is 57.3 Å². The first-order valence-electron chi connectivity index (χ1n) is 6.83. The van der Waals surface area contributed by atoms with Crippen LogP contribution in [0.2, 0.25) is 0 Å². The third kappa shape index (κ3) is 13.2. The van der Waals surface area contributed by atoms with E-state index in [2.05, 4.69) is 34.4 Å². The monoisotopic (exact) mass is 424 g/mol. The highest BCUT2D eigenvalue weighted by Crippen LogP contribution is 2.18. The molecule has 0 bridgehead atoms. The molecule has 0 aromatic carbocycles. The third-order valence-electron chi connectivity index (χ3n) is 2.90. The van der Waals surface area contributed by atoms with Crippen molar-refractivity contribution < 1.29 is 13.2 Å². The molecule has 0 aromatic rings. The SMILES string of the molecule is CN=C(NCCC(F)(F)F)NCC(CC(C)C)N(C)C.I. The van der Waals surface area contributed by atoms with Crippen molar-refractivity contribution >= 4 is 29.9 Å². The Morgan fingerprint density at radius 2 is 1.76 bits per heavy atom. The number of hydrogen-bond donors (Lipinski definition) is 2. The van der Waals surface area contributed by atoms with Crippen molar-refractivity contribution in [3.63, 3.8) is 0 Å². The highest BCUT2D eigenvalue weighted by Gasteiger charge is 2.26. The van der Waals surface area contributed by atoms with Crippen LogP contribution in [0.15, 0.2) is 4.99 Å². The molecular formula is C13H28F3IN4. The fourth-order valence-corrected chi connectivity index (χ4v) is 1.78. The number of aliphatic imine (C=N–C) groups is 1. The molecule has 2 N–H and O–H groups in total. The Morgan fingerprint density at radius 1 is 1.19 bits per heavy atom. The van der Waals surface area contributed by atoms with E-state index >= 15 is 0 Å². The molecule has 0 saturated heterocycles. The minimum absolute atomic E-state index is 0. The molecule has 0 amide bonds. The molecule has 21 heavy (non-hydrogen) atoms. The molecule has 0 aliphatic heterocycles. The van der Waals surface area contributed by atoms with Gasteiger partial charge in [-0.15, -0.1) is 24.0 Å². The van der Waals surface area contributed by atoms with Gasteiger partial charge in [0, 0.05) is 26.2 Å². The molecule has 0 spiro atoms. The largest absolute Gasteiger partial charge is 0.390 e. The fourth-order valence-electron chi connectivity index (χ4n) is 1.78. The van der Waals surface area contributed by atoms with Crippen molar-refractivity contribution in [3.05, 3.63) is 0 Å². The van der Waals surface area contributed by atoms with Crippen LogP contribution < -0.4 is 10.6 Å². The summed E-state index contributed by atoms with van der Waals surface area (Å²) in [4.78, 5) is 6.03. The van der Waals surface area contributed by atoms with Crippen molar-refractivity contribution in [3.8, 4) is 0 Å². The van der Waals surface area contributed by atoms with Gasteiger partial charge in [0.05, 0.1) is 6.42 Å². The van der Waals surface area contributed by atoms with Crippen LogP contribution in [0.3, 0.4) is 0 Å². The minimum Gasteiger partial charge on any atom is -0.356 e. The zero-order valence-electron chi connectivity index (χ0n) is 13.4. The Hall–Kier alpha value is -0.250. The molecular weight excluding hydrogens is 396 g/mol. The first kappa shape index (κ1) is 23.0. The molecule has 1 atom stereocenters. The van der Waals surface area contributed by atoms with Crippen molar-refractivity contribution in [2.45, 2.75) is 38.9 Å². The molecule has 1 unspecified atom stereocenters. The Balaban J connectivity index is 0. The normalized spacial score (nSPS) is 14.1. The molecule has 4 nitrogen and oxygen atoms in total. The number of nitrogens with one attached hydrogen (secondary N) is 2. The molecule has 0 heterocycles. The lowest BCUT2D eigenvalue weighted by Crippen LogP contribution is -2.46. The van der Waals surface area contributed by atoms with E-state index in [0.29, 0.717) is 24.5 Å². The summed E-state index contributed by atoms with van der Waals surface area (Å²) in [6, 6.07) is 0.316. The maximum Gasteiger partial charge on any atom is 0.390 e. The molecule has 0 aromatic heterocycles. The molecule has 0 radical (unpaired) electrons. The Kier molecular flexibility index (Phi) is 12.4. The predicted molar refractivity (Wildman–Crippen MR) is 92.4 cm³/mol. The van der Waals surface area contributed by atoms with Crippen molar-refractivity contribution in [2.75, 3.05) is 34.2 Å². The molecule has 0 rings (SSSR count). The minimum atomic E-state index is -4.14. The van der Waals surface area contributed by atoms with Gasteiger partial charge in [-0.2, -0.15) is 13.2 Å². The van der Waals surface area contributed by atoms with E-state index in [1.165, 1.54) is 0 Å². The van der Waals surface area contributed by atoms with Crippen LogP contribution in [0.25, 0.3) is 0 Å². The van der Waals surface area contributed by atoms with E-state index in [-0.39, 0.29) is 30.5 Å². The zero-order chi connectivity index (χ0) is 15.8. The number of nitrogens with zero attached hydrogens (tertiary/aromatic N) is 2. The number of alkyl halides is 3. The third-order valence-corrected chi connectivity index (χ3v) is 2.90. The molecule has 0 aliphatic rings. The molecule has 8 heteroatoms. The second-order valence-electron chi connectivity index (χ2n) is 5.49. The number of guanidine groups is 1. The Labute approximate surface area is 143 Å². The number of rotatable bonds is 7. The summed E-state index contributed by atoms with van der Waals surface area (Å²) in [5.41, 5.74) is 0. The summed E-state index contributed by atoms with van der Waals surface area (Å²) in [6.45, 7) is 4.77. The molecule has 128 valence electrons. The number of hydrogen-bond acceptors (Lipinski definition) is 2. The second-order valence-corrected chi connectivity index (χ2v) is 5.49. The van der Waals surface area contributed by atoms with E-state index in [1.807, 2.05) is 14.1 Å². The van der Waals surface area contributed by atoms with Gasteiger partial charge in [-0.05, 0) is 26.4 Å². The lowest BCUT2D eigenvalue weighted by molar-refractivity contribution is -0.132. The maximum absolute atomic E-state index is 12.1. The maximum atomic E-state index is 12.1. The summed E-state index contributed by atoms with van der Waals surface area (Å²) < 4.78 is 36.2. The smallest absolute Gasteiger partial charge is 0.356 e. The van der Waals surface area contributed by atoms with Gasteiger partial charge in [0.1, 0.15) is 0 Å². The summed E-state index contributed by atoms with van der Waals surface area (Å²) in [5.74, 6) is 0.967. The first-order chi connectivity index (χ1) is 9.15. The molecule has 0 fully saturated rings. The second kappa shape index (κ2) is 11.3. The Bertz CT molecular complexity index is 294. The van der Waals surface area contributed by atoms with E-state index in [9.17, 15) is 13.2 Å². The fraction of sp³-hybridized carbons (Fsp3) is 0.923. The van der Waals surface area contributed by atoms with E-state index < -0.39 is 12.6 Å².